The fourth-order valence-corrected chi connectivity index (χ4v) is 1.95. The number of alkyl halides is 3. The molecule has 0 spiro atoms. The molecular weight excluding hydrogens is 207 g/mol. The molecule has 1 saturated heterocycles. The third-order valence-corrected chi connectivity index (χ3v) is 2.84. The van der Waals surface area contributed by atoms with Crippen LogP contribution in [0.3, 0.4) is 0 Å². The average molecular weight is 225 g/mol. The van der Waals surface area contributed by atoms with Crippen LogP contribution in [0.5, 0.6) is 0 Å². The largest absolute Gasteiger partial charge is 0.393 e. The van der Waals surface area contributed by atoms with Gasteiger partial charge in [0.2, 0.25) is 0 Å². The Morgan fingerprint density at radius 1 is 1.40 bits per heavy atom. The van der Waals surface area contributed by atoms with Gasteiger partial charge in [-0.25, -0.2) is 0 Å². The molecule has 5 heteroatoms. The molecule has 0 saturated carbocycles. The number of hydrogen-bond acceptors (Lipinski definition) is 2. The summed E-state index contributed by atoms with van der Waals surface area (Å²) in [5, 5.41) is 12.8. The van der Waals surface area contributed by atoms with E-state index in [1.165, 1.54) is 0 Å². The van der Waals surface area contributed by atoms with Gasteiger partial charge < -0.3 is 10.4 Å². The maximum absolute atomic E-state index is 11.9. The van der Waals surface area contributed by atoms with E-state index < -0.39 is 18.7 Å². The third-order valence-electron chi connectivity index (χ3n) is 2.84. The lowest BCUT2D eigenvalue weighted by Crippen LogP contribution is -2.36. The molecule has 2 atom stereocenters. The van der Waals surface area contributed by atoms with Crippen LogP contribution >= 0.6 is 0 Å². The highest BCUT2D eigenvalue weighted by atomic mass is 19.4. The highest BCUT2D eigenvalue weighted by Gasteiger charge is 2.28. The molecule has 15 heavy (non-hydrogen) atoms. The van der Waals surface area contributed by atoms with Crippen LogP contribution in [0, 0.1) is 5.92 Å². The molecule has 0 aromatic rings. The Morgan fingerprint density at radius 3 is 2.67 bits per heavy atom. The van der Waals surface area contributed by atoms with Gasteiger partial charge in [0.25, 0.3) is 0 Å². The van der Waals surface area contributed by atoms with Crippen LogP contribution in [0.4, 0.5) is 13.2 Å². The zero-order valence-electron chi connectivity index (χ0n) is 8.69. The van der Waals surface area contributed by atoms with Gasteiger partial charge in [0, 0.05) is 13.0 Å². The molecule has 1 fully saturated rings. The van der Waals surface area contributed by atoms with Crippen LogP contribution in [-0.2, 0) is 0 Å². The summed E-state index contributed by atoms with van der Waals surface area (Å²) in [5.41, 5.74) is 0. The van der Waals surface area contributed by atoms with E-state index in [4.69, 9.17) is 0 Å². The number of rotatable bonds is 4. The molecule has 0 aliphatic carbocycles. The van der Waals surface area contributed by atoms with E-state index in [0.29, 0.717) is 0 Å². The summed E-state index contributed by atoms with van der Waals surface area (Å²) in [6, 6.07) is 0. The van der Waals surface area contributed by atoms with Crippen molar-refractivity contribution in [3.8, 4) is 0 Å². The molecule has 0 aromatic carbocycles. The van der Waals surface area contributed by atoms with Crippen LogP contribution in [-0.4, -0.2) is 30.5 Å². The lowest BCUT2D eigenvalue weighted by molar-refractivity contribution is -0.136. The minimum absolute atomic E-state index is 0.0289. The van der Waals surface area contributed by atoms with Crippen LogP contribution in [0.1, 0.15) is 32.1 Å². The Labute approximate surface area is 87.9 Å². The Morgan fingerprint density at radius 2 is 2.13 bits per heavy atom. The Bertz CT molecular complexity index is 178. The maximum atomic E-state index is 11.9. The highest BCUT2D eigenvalue weighted by Crippen LogP contribution is 2.25. The van der Waals surface area contributed by atoms with E-state index in [-0.39, 0.29) is 18.8 Å². The number of nitrogens with one attached hydrogen (secondary N) is 1. The molecule has 1 aliphatic rings. The number of piperidine rings is 1. The fraction of sp³-hybridized carbons (Fsp3) is 1.00. The normalized spacial score (nSPS) is 25.2. The van der Waals surface area contributed by atoms with Crippen LogP contribution in [0.2, 0.25) is 0 Å². The number of aliphatic hydroxyl groups is 1. The summed E-state index contributed by atoms with van der Waals surface area (Å²) < 4.78 is 35.6. The van der Waals surface area contributed by atoms with Crippen LogP contribution < -0.4 is 5.32 Å². The number of halogens is 3. The van der Waals surface area contributed by atoms with Crippen molar-refractivity contribution in [3.63, 3.8) is 0 Å². The molecule has 0 bridgehead atoms. The van der Waals surface area contributed by atoms with Crippen molar-refractivity contribution in [2.45, 2.75) is 44.4 Å². The molecule has 1 rings (SSSR count). The van der Waals surface area contributed by atoms with E-state index in [1.54, 1.807) is 0 Å². The Kier molecular flexibility index (Phi) is 4.86. The van der Waals surface area contributed by atoms with Gasteiger partial charge in [-0.05, 0) is 38.1 Å². The van der Waals surface area contributed by atoms with E-state index >= 15 is 0 Å². The molecule has 1 heterocycles. The zero-order valence-corrected chi connectivity index (χ0v) is 8.69. The lowest BCUT2D eigenvalue weighted by Gasteiger charge is -2.27. The SMILES string of the molecule is OC(CCCC(F)(F)F)C1CCCNC1. The first-order valence-electron chi connectivity index (χ1n) is 5.44. The molecule has 2 N–H and O–H groups in total. The summed E-state index contributed by atoms with van der Waals surface area (Å²) in [7, 11) is 0. The summed E-state index contributed by atoms with van der Waals surface area (Å²) in [5.74, 6) is 0.131. The molecule has 90 valence electrons. The number of hydrogen-bond donors (Lipinski definition) is 2. The topological polar surface area (TPSA) is 32.3 Å². The monoisotopic (exact) mass is 225 g/mol. The van der Waals surface area contributed by atoms with Gasteiger partial charge in [-0.15, -0.1) is 0 Å². The van der Waals surface area contributed by atoms with E-state index in [1.807, 2.05) is 0 Å². The highest BCUT2D eigenvalue weighted by molar-refractivity contribution is 4.75. The van der Waals surface area contributed by atoms with Gasteiger partial charge >= 0.3 is 6.18 Å². The minimum Gasteiger partial charge on any atom is -0.393 e. The van der Waals surface area contributed by atoms with Crippen molar-refractivity contribution < 1.29 is 18.3 Å². The van der Waals surface area contributed by atoms with Crippen molar-refractivity contribution in [3.05, 3.63) is 0 Å². The first-order valence-corrected chi connectivity index (χ1v) is 5.44. The standard InChI is InChI=1S/C10H18F3NO/c11-10(12,13)5-1-4-9(15)8-3-2-6-14-7-8/h8-9,14-15H,1-7H2. The number of aliphatic hydroxyl groups excluding tert-OH is 1. The second-order valence-electron chi connectivity index (χ2n) is 4.18. The average Bonchev–Trinajstić information content (AvgIpc) is 2.17. The van der Waals surface area contributed by atoms with Gasteiger partial charge in [0.05, 0.1) is 6.10 Å². The van der Waals surface area contributed by atoms with E-state index in [0.717, 1.165) is 25.9 Å². The Hall–Kier alpha value is -0.290. The summed E-state index contributed by atoms with van der Waals surface area (Å²) >= 11 is 0. The molecular formula is C10H18F3NO. The molecule has 1 aliphatic heterocycles. The molecule has 2 nitrogen and oxygen atoms in total. The van der Waals surface area contributed by atoms with Gasteiger partial charge in [0.1, 0.15) is 0 Å². The third kappa shape index (κ3) is 5.37. The fourth-order valence-electron chi connectivity index (χ4n) is 1.95. The van der Waals surface area contributed by atoms with Crippen molar-refractivity contribution in [1.82, 2.24) is 5.32 Å². The van der Waals surface area contributed by atoms with Gasteiger partial charge in [-0.3, -0.25) is 0 Å². The Balaban J connectivity index is 2.14. The molecule has 0 radical (unpaired) electrons. The smallest absolute Gasteiger partial charge is 0.389 e. The molecule has 0 aromatic heterocycles. The predicted octanol–water partition coefficient (Wildman–Crippen LogP) is 2.08. The van der Waals surface area contributed by atoms with Crippen molar-refractivity contribution in [2.75, 3.05) is 13.1 Å². The van der Waals surface area contributed by atoms with Gasteiger partial charge in [-0.1, -0.05) is 0 Å². The second-order valence-corrected chi connectivity index (χ2v) is 4.18. The van der Waals surface area contributed by atoms with Crippen molar-refractivity contribution in [1.29, 1.82) is 0 Å². The molecule has 2 unspecified atom stereocenters. The first-order chi connectivity index (χ1) is 6.99. The van der Waals surface area contributed by atoms with Crippen LogP contribution in [0.25, 0.3) is 0 Å². The minimum atomic E-state index is -4.09. The van der Waals surface area contributed by atoms with Gasteiger partial charge in [-0.2, -0.15) is 13.2 Å². The summed E-state index contributed by atoms with van der Waals surface area (Å²) in [4.78, 5) is 0. The summed E-state index contributed by atoms with van der Waals surface area (Å²) in [6.07, 6.45) is -3.26. The zero-order chi connectivity index (χ0) is 11.3. The van der Waals surface area contributed by atoms with E-state index in [9.17, 15) is 18.3 Å². The first kappa shape index (κ1) is 12.8. The van der Waals surface area contributed by atoms with Gasteiger partial charge in [0.15, 0.2) is 0 Å². The lowest BCUT2D eigenvalue weighted by atomic mass is 9.91. The van der Waals surface area contributed by atoms with E-state index in [2.05, 4.69) is 5.32 Å². The van der Waals surface area contributed by atoms with Crippen molar-refractivity contribution in [2.24, 2.45) is 5.92 Å². The predicted molar refractivity (Wildman–Crippen MR) is 51.5 cm³/mol. The second kappa shape index (κ2) is 5.70. The molecule has 0 amide bonds. The quantitative estimate of drug-likeness (QED) is 0.767. The maximum Gasteiger partial charge on any atom is 0.389 e. The summed E-state index contributed by atoms with van der Waals surface area (Å²) in [6.45, 7) is 1.68. The van der Waals surface area contributed by atoms with Crippen molar-refractivity contribution >= 4 is 0 Å². The van der Waals surface area contributed by atoms with Crippen LogP contribution in [0.15, 0.2) is 0 Å².